The number of nitrogens with zero attached hydrogens (tertiary/aromatic N) is 3. The van der Waals surface area contributed by atoms with Gasteiger partial charge in [-0.25, -0.2) is 4.98 Å². The molecule has 3 aliphatic rings. The second kappa shape index (κ2) is 8.05. The van der Waals surface area contributed by atoms with E-state index >= 15 is 0 Å². The Morgan fingerprint density at radius 1 is 1.36 bits per heavy atom. The zero-order valence-electron chi connectivity index (χ0n) is 16.4. The van der Waals surface area contributed by atoms with Gasteiger partial charge in [0.2, 0.25) is 17.7 Å². The average molecular weight is 388 g/mol. The van der Waals surface area contributed by atoms with Gasteiger partial charge < -0.3 is 19.7 Å². The van der Waals surface area contributed by atoms with Crippen molar-refractivity contribution in [2.75, 3.05) is 39.9 Å². The molecule has 8 nitrogen and oxygen atoms in total. The first-order valence-electron chi connectivity index (χ1n) is 10.0. The Morgan fingerprint density at radius 3 is 2.82 bits per heavy atom. The highest BCUT2D eigenvalue weighted by Gasteiger charge is 2.42. The molecule has 28 heavy (non-hydrogen) atoms. The maximum absolute atomic E-state index is 12.8. The summed E-state index contributed by atoms with van der Waals surface area (Å²) in [5.41, 5.74) is 0.903. The molecule has 1 atom stereocenters. The monoisotopic (exact) mass is 388 g/mol. The third kappa shape index (κ3) is 4.12. The molecule has 1 aromatic heterocycles. The van der Waals surface area contributed by atoms with E-state index < -0.39 is 0 Å². The standard InChI is InChI=1S/C20H28N4O4/c1-27-18-5-2-15(12-21-18)13-23-8-6-20(7-9-23)14-24(10-11-28-20)19(26)16-3-4-17(25)22-16/h2,5,12,16H,3-4,6-11,13-14H2,1H3,(H,22,25)/t16-/m1/s1. The van der Waals surface area contributed by atoms with Gasteiger partial charge >= 0.3 is 0 Å². The van der Waals surface area contributed by atoms with E-state index in [1.54, 1.807) is 7.11 Å². The number of piperidine rings is 1. The van der Waals surface area contributed by atoms with Gasteiger partial charge in [0.15, 0.2) is 0 Å². The SMILES string of the molecule is COc1ccc(CN2CCC3(CC2)CN(C(=O)[C@H]2CCC(=O)N2)CCO3)cn1. The molecule has 1 aromatic rings. The van der Waals surface area contributed by atoms with E-state index in [9.17, 15) is 9.59 Å². The number of morpholine rings is 1. The highest BCUT2D eigenvalue weighted by molar-refractivity contribution is 5.90. The lowest BCUT2D eigenvalue weighted by Crippen LogP contribution is -2.60. The Balaban J connectivity index is 1.31. The third-order valence-electron chi connectivity index (χ3n) is 6.03. The van der Waals surface area contributed by atoms with Crippen LogP contribution < -0.4 is 10.1 Å². The van der Waals surface area contributed by atoms with E-state index in [0.29, 0.717) is 38.4 Å². The van der Waals surface area contributed by atoms with Crippen molar-refractivity contribution in [1.82, 2.24) is 20.1 Å². The molecule has 0 radical (unpaired) electrons. The predicted molar refractivity (Wildman–Crippen MR) is 102 cm³/mol. The van der Waals surface area contributed by atoms with Gasteiger partial charge in [-0.05, 0) is 24.8 Å². The number of hydrogen-bond donors (Lipinski definition) is 1. The van der Waals surface area contributed by atoms with Crippen LogP contribution in [0.25, 0.3) is 0 Å². The summed E-state index contributed by atoms with van der Waals surface area (Å²) in [6, 6.07) is 3.57. The summed E-state index contributed by atoms with van der Waals surface area (Å²) in [6.45, 7) is 4.49. The summed E-state index contributed by atoms with van der Waals surface area (Å²) in [7, 11) is 1.62. The third-order valence-corrected chi connectivity index (χ3v) is 6.03. The lowest BCUT2D eigenvalue weighted by molar-refractivity contribution is -0.161. The van der Waals surface area contributed by atoms with Gasteiger partial charge in [0.05, 0.1) is 19.3 Å². The van der Waals surface area contributed by atoms with Gasteiger partial charge in [-0.2, -0.15) is 0 Å². The van der Waals surface area contributed by atoms with Crippen LogP contribution in [0.5, 0.6) is 5.88 Å². The van der Waals surface area contributed by atoms with Gasteiger partial charge in [0.25, 0.3) is 0 Å². The fourth-order valence-corrected chi connectivity index (χ4v) is 4.36. The number of nitrogens with one attached hydrogen (secondary N) is 1. The molecule has 0 unspecified atom stereocenters. The number of ether oxygens (including phenoxy) is 2. The first-order valence-corrected chi connectivity index (χ1v) is 10.0. The Morgan fingerprint density at radius 2 is 2.18 bits per heavy atom. The van der Waals surface area contributed by atoms with Crippen molar-refractivity contribution in [2.45, 2.75) is 43.9 Å². The number of carbonyl (C=O) groups is 2. The number of likely N-dealkylation sites (tertiary alicyclic amines) is 1. The zero-order chi connectivity index (χ0) is 19.6. The number of carbonyl (C=O) groups excluding carboxylic acids is 2. The summed E-state index contributed by atoms with van der Waals surface area (Å²) in [5, 5.41) is 2.79. The summed E-state index contributed by atoms with van der Waals surface area (Å²) >= 11 is 0. The second-order valence-electron chi connectivity index (χ2n) is 7.93. The van der Waals surface area contributed by atoms with Gasteiger partial charge in [-0.15, -0.1) is 0 Å². The summed E-state index contributed by atoms with van der Waals surface area (Å²) in [5.74, 6) is 0.642. The molecule has 0 saturated carbocycles. The molecule has 1 N–H and O–H groups in total. The van der Waals surface area contributed by atoms with Crippen molar-refractivity contribution in [1.29, 1.82) is 0 Å². The smallest absolute Gasteiger partial charge is 0.245 e. The van der Waals surface area contributed by atoms with Crippen molar-refractivity contribution >= 4 is 11.8 Å². The zero-order valence-corrected chi connectivity index (χ0v) is 16.4. The molecular weight excluding hydrogens is 360 g/mol. The summed E-state index contributed by atoms with van der Waals surface area (Å²) in [6.07, 6.45) is 4.71. The molecule has 1 spiro atoms. The van der Waals surface area contributed by atoms with Crippen LogP contribution in [0.15, 0.2) is 18.3 Å². The maximum atomic E-state index is 12.8. The van der Waals surface area contributed by atoms with Gasteiger partial charge in [-0.1, -0.05) is 6.07 Å². The van der Waals surface area contributed by atoms with E-state index in [2.05, 4.69) is 15.2 Å². The fraction of sp³-hybridized carbons (Fsp3) is 0.650. The minimum atomic E-state index is -0.356. The van der Waals surface area contributed by atoms with Crippen molar-refractivity contribution < 1.29 is 19.1 Å². The Kier molecular flexibility index (Phi) is 5.50. The van der Waals surface area contributed by atoms with E-state index in [1.807, 2.05) is 23.2 Å². The molecule has 152 valence electrons. The van der Waals surface area contributed by atoms with Crippen molar-refractivity contribution in [3.8, 4) is 5.88 Å². The Hall–Kier alpha value is -2.19. The van der Waals surface area contributed by atoms with Crippen LogP contribution in [-0.2, 0) is 20.9 Å². The molecule has 4 rings (SSSR count). The van der Waals surface area contributed by atoms with Crippen LogP contribution in [-0.4, -0.2) is 78.1 Å². The van der Waals surface area contributed by atoms with Crippen LogP contribution >= 0.6 is 0 Å². The molecule has 8 heteroatoms. The van der Waals surface area contributed by atoms with Crippen LogP contribution in [0.2, 0.25) is 0 Å². The number of hydrogen-bond acceptors (Lipinski definition) is 6. The lowest BCUT2D eigenvalue weighted by Gasteiger charge is -2.47. The van der Waals surface area contributed by atoms with E-state index in [0.717, 1.165) is 38.0 Å². The second-order valence-corrected chi connectivity index (χ2v) is 7.93. The maximum Gasteiger partial charge on any atom is 0.245 e. The predicted octanol–water partition coefficient (Wildman–Crippen LogP) is 0.562. The van der Waals surface area contributed by atoms with Crippen LogP contribution in [0.3, 0.4) is 0 Å². The molecule has 4 heterocycles. The lowest BCUT2D eigenvalue weighted by atomic mass is 9.89. The number of methoxy groups -OCH3 is 1. The first kappa shape index (κ1) is 19.1. The highest BCUT2D eigenvalue weighted by Crippen LogP contribution is 2.31. The normalized spacial score (nSPS) is 25.0. The summed E-state index contributed by atoms with van der Waals surface area (Å²) < 4.78 is 11.3. The van der Waals surface area contributed by atoms with E-state index in [-0.39, 0.29) is 23.5 Å². The van der Waals surface area contributed by atoms with Gasteiger partial charge in [0, 0.05) is 51.4 Å². The number of rotatable bonds is 4. The Bertz CT molecular complexity index is 715. The highest BCUT2D eigenvalue weighted by atomic mass is 16.5. The van der Waals surface area contributed by atoms with Crippen LogP contribution in [0.1, 0.15) is 31.2 Å². The minimum absolute atomic E-state index is 0.0253. The quantitative estimate of drug-likeness (QED) is 0.812. The number of aromatic nitrogens is 1. The molecule has 3 fully saturated rings. The molecule has 0 aliphatic carbocycles. The molecular formula is C20H28N4O4. The molecule has 3 aliphatic heterocycles. The van der Waals surface area contributed by atoms with Crippen molar-refractivity contribution in [3.05, 3.63) is 23.9 Å². The van der Waals surface area contributed by atoms with Crippen molar-refractivity contribution in [2.24, 2.45) is 0 Å². The van der Waals surface area contributed by atoms with Gasteiger partial charge in [-0.3, -0.25) is 14.5 Å². The topological polar surface area (TPSA) is 84.0 Å². The first-order chi connectivity index (χ1) is 13.6. The minimum Gasteiger partial charge on any atom is -0.481 e. The van der Waals surface area contributed by atoms with Crippen LogP contribution in [0, 0.1) is 0 Å². The average Bonchev–Trinajstić information content (AvgIpc) is 3.16. The molecule has 3 saturated heterocycles. The molecule has 0 bridgehead atoms. The molecule has 2 amide bonds. The summed E-state index contributed by atoms with van der Waals surface area (Å²) in [4.78, 5) is 32.8. The van der Waals surface area contributed by atoms with E-state index in [4.69, 9.17) is 9.47 Å². The van der Waals surface area contributed by atoms with Crippen molar-refractivity contribution in [3.63, 3.8) is 0 Å². The van der Waals surface area contributed by atoms with Crippen LogP contribution in [0.4, 0.5) is 0 Å². The largest absolute Gasteiger partial charge is 0.481 e. The number of pyridine rings is 1. The number of amides is 2. The molecule has 0 aromatic carbocycles. The van der Waals surface area contributed by atoms with E-state index in [1.165, 1.54) is 0 Å². The Labute approximate surface area is 165 Å². The fourth-order valence-electron chi connectivity index (χ4n) is 4.36. The van der Waals surface area contributed by atoms with Gasteiger partial charge in [0.1, 0.15) is 6.04 Å².